The number of rotatable bonds is 8. The summed E-state index contributed by atoms with van der Waals surface area (Å²) in [5.74, 6) is 0.222. The van der Waals surface area contributed by atoms with Gasteiger partial charge in [0.25, 0.3) is 0 Å². The SMILES string of the molecule is CCOC(=O)c1c(NC(=O)CSc2nnc(-c3cccs3)n2C)sc(C)c1-c1ccccc1. The van der Waals surface area contributed by atoms with Crippen molar-refractivity contribution >= 4 is 51.3 Å². The van der Waals surface area contributed by atoms with Gasteiger partial charge in [0.2, 0.25) is 5.91 Å². The maximum absolute atomic E-state index is 12.8. The molecule has 1 N–H and O–H groups in total. The average Bonchev–Trinajstić information content (AvgIpc) is 3.52. The lowest BCUT2D eigenvalue weighted by Crippen LogP contribution is -2.16. The molecule has 4 aromatic rings. The summed E-state index contributed by atoms with van der Waals surface area (Å²) >= 11 is 4.25. The van der Waals surface area contributed by atoms with Crippen molar-refractivity contribution in [3.63, 3.8) is 0 Å². The summed E-state index contributed by atoms with van der Waals surface area (Å²) in [5.41, 5.74) is 2.09. The number of thioether (sulfide) groups is 1. The van der Waals surface area contributed by atoms with Crippen molar-refractivity contribution in [1.82, 2.24) is 14.8 Å². The number of aromatic nitrogens is 3. The van der Waals surface area contributed by atoms with Gasteiger partial charge in [0.15, 0.2) is 11.0 Å². The summed E-state index contributed by atoms with van der Waals surface area (Å²) in [6.07, 6.45) is 0. The van der Waals surface area contributed by atoms with E-state index in [1.165, 1.54) is 23.1 Å². The van der Waals surface area contributed by atoms with E-state index in [0.717, 1.165) is 26.7 Å². The third-order valence-electron chi connectivity index (χ3n) is 4.79. The molecule has 170 valence electrons. The normalized spacial score (nSPS) is 10.9. The molecule has 33 heavy (non-hydrogen) atoms. The lowest BCUT2D eigenvalue weighted by atomic mass is 10.0. The van der Waals surface area contributed by atoms with E-state index >= 15 is 0 Å². The minimum absolute atomic E-state index is 0.135. The van der Waals surface area contributed by atoms with Gasteiger partial charge < -0.3 is 14.6 Å². The van der Waals surface area contributed by atoms with Gasteiger partial charge in [-0.1, -0.05) is 48.2 Å². The predicted octanol–water partition coefficient (Wildman–Crippen LogP) is 5.49. The fourth-order valence-corrected chi connectivity index (χ4v) is 5.87. The second-order valence-corrected chi connectivity index (χ2v) is 10.1. The molecule has 0 saturated heterocycles. The molecule has 3 aromatic heterocycles. The first-order chi connectivity index (χ1) is 16.0. The lowest BCUT2D eigenvalue weighted by molar-refractivity contribution is -0.113. The quantitative estimate of drug-likeness (QED) is 0.255. The van der Waals surface area contributed by atoms with Crippen molar-refractivity contribution in [1.29, 1.82) is 0 Å². The van der Waals surface area contributed by atoms with Crippen LogP contribution in [-0.2, 0) is 16.6 Å². The standard InChI is InChI=1S/C23H22N4O3S3/c1-4-30-22(29)19-18(15-9-6-5-7-10-15)14(2)33-21(19)24-17(28)13-32-23-26-25-20(27(23)3)16-11-8-12-31-16/h5-12H,4,13H2,1-3H3,(H,24,28). The topological polar surface area (TPSA) is 86.1 Å². The van der Waals surface area contributed by atoms with E-state index < -0.39 is 5.97 Å². The molecule has 0 radical (unpaired) electrons. The van der Waals surface area contributed by atoms with Crippen molar-refractivity contribution in [2.45, 2.75) is 19.0 Å². The first-order valence-electron chi connectivity index (χ1n) is 10.2. The molecule has 0 aliphatic heterocycles. The van der Waals surface area contributed by atoms with Crippen molar-refractivity contribution in [2.75, 3.05) is 17.7 Å². The van der Waals surface area contributed by atoms with Crippen LogP contribution in [0.1, 0.15) is 22.2 Å². The van der Waals surface area contributed by atoms with Crippen LogP contribution in [0.2, 0.25) is 0 Å². The maximum atomic E-state index is 12.8. The number of nitrogens with zero attached hydrogens (tertiary/aromatic N) is 3. The molecule has 10 heteroatoms. The van der Waals surface area contributed by atoms with Crippen molar-refractivity contribution < 1.29 is 14.3 Å². The van der Waals surface area contributed by atoms with Gasteiger partial charge in [0.05, 0.1) is 17.2 Å². The first kappa shape index (κ1) is 23.2. The van der Waals surface area contributed by atoms with Crippen molar-refractivity contribution in [3.05, 3.63) is 58.3 Å². The highest BCUT2D eigenvalue weighted by Crippen LogP contribution is 2.40. The lowest BCUT2D eigenvalue weighted by Gasteiger charge is -2.09. The van der Waals surface area contributed by atoms with Gasteiger partial charge >= 0.3 is 5.97 Å². The molecule has 0 saturated carbocycles. The summed E-state index contributed by atoms with van der Waals surface area (Å²) in [4.78, 5) is 27.5. The van der Waals surface area contributed by atoms with E-state index in [2.05, 4.69) is 15.5 Å². The number of esters is 1. The molecular weight excluding hydrogens is 476 g/mol. The maximum Gasteiger partial charge on any atom is 0.341 e. The van der Waals surface area contributed by atoms with E-state index in [9.17, 15) is 9.59 Å². The van der Waals surface area contributed by atoms with Gasteiger partial charge in [-0.15, -0.1) is 32.9 Å². The summed E-state index contributed by atoms with van der Waals surface area (Å²) < 4.78 is 7.17. The van der Waals surface area contributed by atoms with Gasteiger partial charge in [-0.2, -0.15) is 0 Å². The Morgan fingerprint density at radius 1 is 1.15 bits per heavy atom. The summed E-state index contributed by atoms with van der Waals surface area (Å²) in [6.45, 7) is 3.95. The number of hydrogen-bond acceptors (Lipinski definition) is 8. The summed E-state index contributed by atoms with van der Waals surface area (Å²) in [7, 11) is 1.88. The first-order valence-corrected chi connectivity index (χ1v) is 12.9. The van der Waals surface area contributed by atoms with E-state index in [1.807, 2.05) is 66.4 Å². The van der Waals surface area contributed by atoms with Crippen LogP contribution in [0.3, 0.4) is 0 Å². The van der Waals surface area contributed by atoms with Crippen molar-refractivity contribution in [2.24, 2.45) is 7.05 Å². The zero-order valence-electron chi connectivity index (χ0n) is 18.3. The number of hydrogen-bond donors (Lipinski definition) is 1. The number of thiophene rings is 2. The van der Waals surface area contributed by atoms with Crippen LogP contribution < -0.4 is 5.32 Å². The highest BCUT2D eigenvalue weighted by molar-refractivity contribution is 7.99. The smallest absolute Gasteiger partial charge is 0.341 e. The average molecular weight is 499 g/mol. The van der Waals surface area contributed by atoms with Crippen LogP contribution in [0.5, 0.6) is 0 Å². The number of nitrogens with one attached hydrogen (secondary N) is 1. The summed E-state index contributed by atoms with van der Waals surface area (Å²) in [6, 6.07) is 13.6. The molecule has 1 aromatic carbocycles. The highest BCUT2D eigenvalue weighted by Gasteiger charge is 2.25. The third kappa shape index (κ3) is 5.02. The number of anilines is 1. The molecule has 0 aliphatic rings. The van der Waals surface area contributed by atoms with E-state index in [1.54, 1.807) is 18.3 Å². The second kappa shape index (κ2) is 10.3. The van der Waals surface area contributed by atoms with E-state index in [-0.39, 0.29) is 18.3 Å². The second-order valence-electron chi connectivity index (χ2n) is 7.00. The Kier molecular flexibility index (Phi) is 7.26. The highest BCUT2D eigenvalue weighted by atomic mass is 32.2. The molecule has 0 spiro atoms. The van der Waals surface area contributed by atoms with Crippen LogP contribution in [0, 0.1) is 6.92 Å². The molecular formula is C23H22N4O3S3. The minimum atomic E-state index is -0.447. The van der Waals surface area contributed by atoms with Crippen LogP contribution >= 0.6 is 34.4 Å². The van der Waals surface area contributed by atoms with Gasteiger partial charge in [0, 0.05) is 17.5 Å². The number of ether oxygens (including phenoxy) is 1. The van der Waals surface area contributed by atoms with Gasteiger partial charge in [-0.25, -0.2) is 4.79 Å². The van der Waals surface area contributed by atoms with Gasteiger partial charge in [0.1, 0.15) is 10.6 Å². The molecule has 1 amide bonds. The molecule has 3 heterocycles. The molecule has 7 nitrogen and oxygen atoms in total. The Morgan fingerprint density at radius 2 is 1.94 bits per heavy atom. The fourth-order valence-electron chi connectivity index (χ4n) is 3.34. The molecule has 0 bridgehead atoms. The molecule has 4 rings (SSSR count). The largest absolute Gasteiger partial charge is 0.462 e. The predicted molar refractivity (Wildman–Crippen MR) is 134 cm³/mol. The summed E-state index contributed by atoms with van der Waals surface area (Å²) in [5, 5.41) is 14.5. The molecule has 0 aliphatic carbocycles. The van der Waals surface area contributed by atoms with E-state index in [0.29, 0.717) is 15.7 Å². The Bertz CT molecular complexity index is 1260. The third-order valence-corrected chi connectivity index (χ3v) is 7.69. The molecule has 0 unspecified atom stereocenters. The molecule has 0 atom stereocenters. The zero-order valence-corrected chi connectivity index (χ0v) is 20.8. The number of carbonyl (C=O) groups is 2. The minimum Gasteiger partial charge on any atom is -0.462 e. The fraction of sp³-hybridized carbons (Fsp3) is 0.217. The molecule has 0 fully saturated rings. The van der Waals surface area contributed by atoms with Crippen molar-refractivity contribution in [3.8, 4) is 21.8 Å². The number of aryl methyl sites for hydroxylation is 1. The Labute approximate surface area is 203 Å². The van der Waals surface area contributed by atoms with E-state index in [4.69, 9.17) is 4.74 Å². The Morgan fingerprint density at radius 3 is 2.64 bits per heavy atom. The van der Waals surface area contributed by atoms with Gasteiger partial charge in [-0.05, 0) is 30.9 Å². The van der Waals surface area contributed by atoms with Crippen LogP contribution in [-0.4, -0.2) is 39.0 Å². The van der Waals surface area contributed by atoms with Crippen LogP contribution in [0.25, 0.3) is 21.8 Å². The number of amides is 1. The Hall–Kier alpha value is -2.95. The number of carbonyl (C=O) groups excluding carboxylic acids is 2. The van der Waals surface area contributed by atoms with Crippen LogP contribution in [0.4, 0.5) is 5.00 Å². The van der Waals surface area contributed by atoms with Gasteiger partial charge in [-0.3, -0.25) is 4.79 Å². The monoisotopic (exact) mass is 498 g/mol. The van der Waals surface area contributed by atoms with Crippen LogP contribution in [0.15, 0.2) is 53.0 Å². The zero-order chi connectivity index (χ0) is 23.4. The Balaban J connectivity index is 1.53. The number of benzene rings is 1.